The number of nitrogen functional groups attached to an aromatic ring is 1. The molecule has 0 fully saturated rings. The number of para-hydroxylation sites is 1. The lowest BCUT2D eigenvalue weighted by Gasteiger charge is -2.07. The van der Waals surface area contributed by atoms with Crippen molar-refractivity contribution in [3.05, 3.63) is 23.8 Å². The van der Waals surface area contributed by atoms with Gasteiger partial charge in [-0.1, -0.05) is 12.1 Å². The molecule has 62 valence electrons. The van der Waals surface area contributed by atoms with Crippen molar-refractivity contribution < 1.29 is 4.74 Å². The lowest BCUT2D eigenvalue weighted by Crippen LogP contribution is -1.96. The molecule has 0 aromatic heterocycles. The third-order valence-electron chi connectivity index (χ3n) is 1.60. The molecule has 0 amide bonds. The van der Waals surface area contributed by atoms with Crippen LogP contribution in [-0.2, 0) is 6.42 Å². The van der Waals surface area contributed by atoms with E-state index in [2.05, 4.69) is 6.07 Å². The van der Waals surface area contributed by atoms with E-state index in [4.69, 9.17) is 15.7 Å². The van der Waals surface area contributed by atoms with Gasteiger partial charge in [-0.05, 0) is 6.07 Å². The van der Waals surface area contributed by atoms with E-state index in [1.807, 2.05) is 12.1 Å². The van der Waals surface area contributed by atoms with E-state index >= 15 is 0 Å². The number of anilines is 1. The first-order valence-corrected chi connectivity index (χ1v) is 3.58. The van der Waals surface area contributed by atoms with Crippen molar-refractivity contribution in [2.45, 2.75) is 6.42 Å². The Bertz CT molecular complexity index is 315. The molecular formula is C9H10N2O. The van der Waals surface area contributed by atoms with Crippen LogP contribution in [0.4, 0.5) is 5.69 Å². The van der Waals surface area contributed by atoms with Crippen molar-refractivity contribution >= 4 is 5.69 Å². The van der Waals surface area contributed by atoms with Crippen LogP contribution >= 0.6 is 0 Å². The van der Waals surface area contributed by atoms with Crippen molar-refractivity contribution in [2.75, 3.05) is 12.8 Å². The Kier molecular flexibility index (Phi) is 2.54. The lowest BCUT2D eigenvalue weighted by atomic mass is 10.1. The zero-order chi connectivity index (χ0) is 8.97. The van der Waals surface area contributed by atoms with Gasteiger partial charge in [0.25, 0.3) is 0 Å². The van der Waals surface area contributed by atoms with Crippen molar-refractivity contribution in [2.24, 2.45) is 0 Å². The number of rotatable bonds is 2. The van der Waals surface area contributed by atoms with Crippen LogP contribution in [0.15, 0.2) is 18.2 Å². The van der Waals surface area contributed by atoms with Crippen LogP contribution in [0.1, 0.15) is 5.56 Å². The molecule has 0 radical (unpaired) electrons. The summed E-state index contributed by atoms with van der Waals surface area (Å²) in [5, 5.41) is 8.48. The summed E-state index contributed by atoms with van der Waals surface area (Å²) in [7, 11) is 1.55. The third kappa shape index (κ3) is 1.48. The maximum Gasteiger partial charge on any atom is 0.145 e. The number of nitriles is 1. The Morgan fingerprint density at radius 1 is 1.58 bits per heavy atom. The van der Waals surface area contributed by atoms with E-state index in [1.54, 1.807) is 13.2 Å². The van der Waals surface area contributed by atoms with E-state index in [-0.39, 0.29) is 0 Å². The smallest absolute Gasteiger partial charge is 0.145 e. The van der Waals surface area contributed by atoms with Crippen LogP contribution in [0.5, 0.6) is 5.75 Å². The van der Waals surface area contributed by atoms with Gasteiger partial charge in [-0.25, -0.2) is 0 Å². The maximum absolute atomic E-state index is 8.48. The van der Waals surface area contributed by atoms with Crippen molar-refractivity contribution in [3.8, 4) is 11.8 Å². The SMILES string of the molecule is COc1c(N)cccc1CC#N. The predicted molar refractivity (Wildman–Crippen MR) is 46.7 cm³/mol. The summed E-state index contributed by atoms with van der Waals surface area (Å²) >= 11 is 0. The summed E-state index contributed by atoms with van der Waals surface area (Å²) in [5.74, 6) is 0.610. The maximum atomic E-state index is 8.48. The fraction of sp³-hybridized carbons (Fsp3) is 0.222. The van der Waals surface area contributed by atoms with E-state index < -0.39 is 0 Å². The number of methoxy groups -OCH3 is 1. The molecule has 0 saturated heterocycles. The van der Waals surface area contributed by atoms with Crippen LogP contribution in [0.3, 0.4) is 0 Å². The predicted octanol–water partition coefficient (Wildman–Crippen LogP) is 1.34. The van der Waals surface area contributed by atoms with Gasteiger partial charge >= 0.3 is 0 Å². The first-order chi connectivity index (χ1) is 5.79. The first-order valence-electron chi connectivity index (χ1n) is 3.58. The Morgan fingerprint density at radius 2 is 2.33 bits per heavy atom. The minimum Gasteiger partial charge on any atom is -0.494 e. The molecule has 1 aromatic rings. The topological polar surface area (TPSA) is 59.0 Å². The number of ether oxygens (including phenoxy) is 1. The highest BCUT2D eigenvalue weighted by atomic mass is 16.5. The Labute approximate surface area is 71.4 Å². The molecule has 1 rings (SSSR count). The van der Waals surface area contributed by atoms with Gasteiger partial charge in [0.1, 0.15) is 5.75 Å². The fourth-order valence-electron chi connectivity index (χ4n) is 1.08. The van der Waals surface area contributed by atoms with Gasteiger partial charge in [0, 0.05) is 5.56 Å². The van der Waals surface area contributed by atoms with Gasteiger partial charge in [0.05, 0.1) is 25.3 Å². The molecule has 12 heavy (non-hydrogen) atoms. The van der Waals surface area contributed by atoms with Gasteiger partial charge in [-0.15, -0.1) is 0 Å². The molecule has 0 heterocycles. The Morgan fingerprint density at radius 3 is 2.92 bits per heavy atom. The van der Waals surface area contributed by atoms with E-state index in [0.717, 1.165) is 5.56 Å². The first kappa shape index (κ1) is 8.41. The minimum atomic E-state index is 0.328. The summed E-state index contributed by atoms with van der Waals surface area (Å²) in [6.07, 6.45) is 0.328. The van der Waals surface area contributed by atoms with Crippen LogP contribution < -0.4 is 10.5 Å². The average Bonchev–Trinajstić information content (AvgIpc) is 2.05. The lowest BCUT2D eigenvalue weighted by molar-refractivity contribution is 0.413. The van der Waals surface area contributed by atoms with Crippen LogP contribution in [0, 0.1) is 11.3 Å². The molecule has 1 aromatic carbocycles. The second-order valence-corrected chi connectivity index (χ2v) is 2.37. The molecule has 0 aliphatic rings. The average molecular weight is 162 g/mol. The molecule has 3 heteroatoms. The number of nitrogens with zero attached hydrogens (tertiary/aromatic N) is 1. The zero-order valence-electron chi connectivity index (χ0n) is 6.87. The van der Waals surface area contributed by atoms with E-state index in [0.29, 0.717) is 17.9 Å². The highest BCUT2D eigenvalue weighted by molar-refractivity contribution is 5.57. The normalized spacial score (nSPS) is 9.00. The molecule has 0 atom stereocenters. The third-order valence-corrected chi connectivity index (χ3v) is 1.60. The van der Waals surface area contributed by atoms with Gasteiger partial charge in [0.2, 0.25) is 0 Å². The number of hydrogen-bond donors (Lipinski definition) is 1. The highest BCUT2D eigenvalue weighted by Gasteiger charge is 2.04. The molecule has 0 saturated carbocycles. The molecular weight excluding hydrogens is 152 g/mol. The molecule has 0 bridgehead atoms. The highest BCUT2D eigenvalue weighted by Crippen LogP contribution is 2.25. The quantitative estimate of drug-likeness (QED) is 0.667. The summed E-state index contributed by atoms with van der Waals surface area (Å²) in [6, 6.07) is 7.44. The Balaban J connectivity index is 3.11. The van der Waals surface area contributed by atoms with Crippen molar-refractivity contribution in [1.29, 1.82) is 5.26 Å². The number of benzene rings is 1. The molecule has 0 aliphatic heterocycles. The molecule has 3 nitrogen and oxygen atoms in total. The van der Waals surface area contributed by atoms with Crippen molar-refractivity contribution in [3.63, 3.8) is 0 Å². The molecule has 2 N–H and O–H groups in total. The van der Waals surface area contributed by atoms with Gasteiger partial charge in [-0.3, -0.25) is 0 Å². The van der Waals surface area contributed by atoms with Crippen molar-refractivity contribution in [1.82, 2.24) is 0 Å². The van der Waals surface area contributed by atoms with Gasteiger partial charge in [-0.2, -0.15) is 5.26 Å². The second kappa shape index (κ2) is 3.63. The monoisotopic (exact) mass is 162 g/mol. The number of nitrogens with two attached hydrogens (primary N) is 1. The minimum absolute atomic E-state index is 0.328. The largest absolute Gasteiger partial charge is 0.494 e. The summed E-state index contributed by atoms with van der Waals surface area (Å²) < 4.78 is 5.05. The van der Waals surface area contributed by atoms with Gasteiger partial charge in [0.15, 0.2) is 0 Å². The van der Waals surface area contributed by atoms with Gasteiger partial charge < -0.3 is 10.5 Å². The number of hydrogen-bond acceptors (Lipinski definition) is 3. The standard InChI is InChI=1S/C9H10N2O/c1-12-9-7(5-6-10)3-2-4-8(9)11/h2-4H,5,11H2,1H3. The van der Waals surface area contributed by atoms with Crippen LogP contribution in [0.2, 0.25) is 0 Å². The zero-order valence-corrected chi connectivity index (χ0v) is 6.87. The summed E-state index contributed by atoms with van der Waals surface area (Å²) in [4.78, 5) is 0. The molecule has 0 aliphatic carbocycles. The summed E-state index contributed by atoms with van der Waals surface area (Å²) in [6.45, 7) is 0. The summed E-state index contributed by atoms with van der Waals surface area (Å²) in [5.41, 5.74) is 7.04. The van der Waals surface area contributed by atoms with E-state index in [9.17, 15) is 0 Å². The fourth-order valence-corrected chi connectivity index (χ4v) is 1.08. The van der Waals surface area contributed by atoms with Crippen LogP contribution in [-0.4, -0.2) is 7.11 Å². The second-order valence-electron chi connectivity index (χ2n) is 2.37. The van der Waals surface area contributed by atoms with E-state index in [1.165, 1.54) is 0 Å². The Hall–Kier alpha value is -1.69. The molecule has 0 unspecified atom stereocenters. The van der Waals surface area contributed by atoms with Crippen LogP contribution in [0.25, 0.3) is 0 Å². The molecule has 0 spiro atoms.